The highest BCUT2D eigenvalue weighted by Crippen LogP contribution is 2.32. The third-order valence-electron chi connectivity index (χ3n) is 3.00. The van der Waals surface area contributed by atoms with Crippen LogP contribution in [0.1, 0.15) is 39.0 Å². The third kappa shape index (κ3) is 3.80. The molecular formula is C11H22N2O2. The first kappa shape index (κ1) is 12.5. The number of rotatable bonds is 6. The number of nitrogens with one attached hydrogen (secondary N) is 1. The van der Waals surface area contributed by atoms with Crippen LogP contribution in [0.25, 0.3) is 0 Å². The van der Waals surface area contributed by atoms with Crippen molar-refractivity contribution < 1.29 is 9.53 Å². The standard InChI is InChI=1S/C11H22N2O2/c1-2-13-10(14)5-8-15-11(9-12)6-3-4-7-11/h2-9,12H2,1H3,(H,13,14). The normalized spacial score (nSPS) is 19.1. The molecule has 1 saturated carbocycles. The molecule has 0 spiro atoms. The van der Waals surface area contributed by atoms with Gasteiger partial charge in [0, 0.05) is 19.5 Å². The zero-order valence-corrected chi connectivity index (χ0v) is 9.55. The van der Waals surface area contributed by atoms with E-state index < -0.39 is 0 Å². The lowest BCUT2D eigenvalue weighted by Crippen LogP contribution is -2.38. The van der Waals surface area contributed by atoms with Crippen molar-refractivity contribution in [1.82, 2.24) is 5.32 Å². The monoisotopic (exact) mass is 214 g/mol. The summed E-state index contributed by atoms with van der Waals surface area (Å²) in [7, 11) is 0. The summed E-state index contributed by atoms with van der Waals surface area (Å²) in [6, 6.07) is 0. The average molecular weight is 214 g/mol. The zero-order chi connectivity index (χ0) is 11.1. The van der Waals surface area contributed by atoms with Gasteiger partial charge in [0.05, 0.1) is 12.2 Å². The molecular weight excluding hydrogens is 192 g/mol. The average Bonchev–Trinajstić information content (AvgIpc) is 2.68. The molecule has 0 aliphatic heterocycles. The lowest BCUT2D eigenvalue weighted by atomic mass is 10.0. The third-order valence-corrected chi connectivity index (χ3v) is 3.00. The Bertz CT molecular complexity index is 201. The molecule has 0 aromatic carbocycles. The second kappa shape index (κ2) is 6.08. The molecule has 1 aliphatic rings. The van der Waals surface area contributed by atoms with Crippen molar-refractivity contribution in [2.75, 3.05) is 19.7 Å². The number of ether oxygens (including phenoxy) is 1. The van der Waals surface area contributed by atoms with E-state index in [2.05, 4.69) is 5.32 Å². The predicted octanol–water partition coefficient (Wildman–Crippen LogP) is 0.801. The fourth-order valence-electron chi connectivity index (χ4n) is 2.07. The minimum Gasteiger partial charge on any atom is -0.373 e. The maximum Gasteiger partial charge on any atom is 0.222 e. The molecule has 4 nitrogen and oxygen atoms in total. The second-order valence-corrected chi connectivity index (χ2v) is 4.15. The Morgan fingerprint density at radius 3 is 2.67 bits per heavy atom. The van der Waals surface area contributed by atoms with E-state index in [0.717, 1.165) is 12.8 Å². The number of amides is 1. The van der Waals surface area contributed by atoms with Gasteiger partial charge in [0.1, 0.15) is 0 Å². The molecule has 3 N–H and O–H groups in total. The number of carbonyl (C=O) groups excluding carboxylic acids is 1. The molecule has 0 aromatic heterocycles. The first-order valence-electron chi connectivity index (χ1n) is 5.83. The first-order chi connectivity index (χ1) is 7.22. The van der Waals surface area contributed by atoms with E-state index in [1.54, 1.807) is 0 Å². The highest BCUT2D eigenvalue weighted by molar-refractivity contribution is 5.75. The van der Waals surface area contributed by atoms with Crippen LogP contribution >= 0.6 is 0 Å². The van der Waals surface area contributed by atoms with Crippen LogP contribution in [0.4, 0.5) is 0 Å². The Morgan fingerprint density at radius 2 is 2.13 bits per heavy atom. The van der Waals surface area contributed by atoms with Gasteiger partial charge in [0.25, 0.3) is 0 Å². The van der Waals surface area contributed by atoms with Crippen LogP contribution in [0.3, 0.4) is 0 Å². The molecule has 0 unspecified atom stereocenters. The van der Waals surface area contributed by atoms with Gasteiger partial charge in [-0.15, -0.1) is 0 Å². The van der Waals surface area contributed by atoms with Crippen LogP contribution < -0.4 is 11.1 Å². The Kier molecular flexibility index (Phi) is 5.05. The minimum absolute atomic E-state index is 0.0580. The fourth-order valence-corrected chi connectivity index (χ4v) is 2.07. The summed E-state index contributed by atoms with van der Waals surface area (Å²) in [4.78, 5) is 11.2. The first-order valence-corrected chi connectivity index (χ1v) is 5.83. The SMILES string of the molecule is CCNC(=O)CCOC1(CN)CCCC1. The van der Waals surface area contributed by atoms with Crippen LogP contribution in [0.15, 0.2) is 0 Å². The number of hydrogen-bond acceptors (Lipinski definition) is 3. The molecule has 0 bridgehead atoms. The van der Waals surface area contributed by atoms with Crippen molar-refractivity contribution in [3.05, 3.63) is 0 Å². The molecule has 0 radical (unpaired) electrons. The van der Waals surface area contributed by atoms with Crippen molar-refractivity contribution in [3.63, 3.8) is 0 Å². The summed E-state index contributed by atoms with van der Waals surface area (Å²) in [5.41, 5.74) is 5.59. The van der Waals surface area contributed by atoms with Crippen LogP contribution in [0.5, 0.6) is 0 Å². The van der Waals surface area contributed by atoms with Crippen LogP contribution in [0, 0.1) is 0 Å². The van der Waals surface area contributed by atoms with Gasteiger partial charge in [-0.1, -0.05) is 12.8 Å². The van der Waals surface area contributed by atoms with E-state index in [-0.39, 0.29) is 11.5 Å². The van der Waals surface area contributed by atoms with Crippen molar-refractivity contribution in [2.45, 2.75) is 44.6 Å². The van der Waals surface area contributed by atoms with Gasteiger partial charge in [-0.2, -0.15) is 0 Å². The predicted molar refractivity (Wildman–Crippen MR) is 59.5 cm³/mol. The summed E-state index contributed by atoms with van der Waals surface area (Å²) in [5, 5.41) is 2.75. The Hall–Kier alpha value is -0.610. The molecule has 0 atom stereocenters. The van der Waals surface area contributed by atoms with Gasteiger partial charge in [-0.3, -0.25) is 4.79 Å². The fraction of sp³-hybridized carbons (Fsp3) is 0.909. The molecule has 4 heteroatoms. The Balaban J connectivity index is 2.20. The summed E-state index contributed by atoms with van der Waals surface area (Å²) < 4.78 is 5.77. The van der Waals surface area contributed by atoms with Gasteiger partial charge in [-0.25, -0.2) is 0 Å². The molecule has 15 heavy (non-hydrogen) atoms. The Morgan fingerprint density at radius 1 is 1.47 bits per heavy atom. The Labute approximate surface area is 91.5 Å². The molecule has 0 heterocycles. The van der Waals surface area contributed by atoms with Crippen LogP contribution in [-0.4, -0.2) is 31.2 Å². The molecule has 1 amide bonds. The van der Waals surface area contributed by atoms with E-state index >= 15 is 0 Å². The topological polar surface area (TPSA) is 64.3 Å². The lowest BCUT2D eigenvalue weighted by Gasteiger charge is -2.27. The van der Waals surface area contributed by atoms with Crippen molar-refractivity contribution in [3.8, 4) is 0 Å². The van der Waals surface area contributed by atoms with Crippen molar-refractivity contribution in [1.29, 1.82) is 0 Å². The summed E-state index contributed by atoms with van der Waals surface area (Å²) in [6.45, 7) is 3.66. The zero-order valence-electron chi connectivity index (χ0n) is 9.55. The number of nitrogens with two attached hydrogens (primary N) is 1. The number of carbonyl (C=O) groups is 1. The van der Waals surface area contributed by atoms with E-state index in [1.807, 2.05) is 6.92 Å². The largest absolute Gasteiger partial charge is 0.373 e. The smallest absolute Gasteiger partial charge is 0.222 e. The van der Waals surface area contributed by atoms with Crippen LogP contribution in [0.2, 0.25) is 0 Å². The van der Waals surface area contributed by atoms with Gasteiger partial charge in [-0.05, 0) is 19.8 Å². The van der Waals surface area contributed by atoms with E-state index in [1.165, 1.54) is 12.8 Å². The highest BCUT2D eigenvalue weighted by Gasteiger charge is 2.33. The van der Waals surface area contributed by atoms with E-state index in [4.69, 9.17) is 10.5 Å². The van der Waals surface area contributed by atoms with Gasteiger partial charge >= 0.3 is 0 Å². The summed E-state index contributed by atoms with van der Waals surface area (Å²) in [6.07, 6.45) is 4.91. The minimum atomic E-state index is -0.132. The van der Waals surface area contributed by atoms with Gasteiger partial charge < -0.3 is 15.8 Å². The maximum atomic E-state index is 11.2. The second-order valence-electron chi connectivity index (χ2n) is 4.15. The quantitative estimate of drug-likeness (QED) is 0.687. The molecule has 1 aliphatic carbocycles. The summed E-state index contributed by atoms with van der Waals surface area (Å²) in [5.74, 6) is 0.0580. The van der Waals surface area contributed by atoms with Gasteiger partial charge in [0.2, 0.25) is 5.91 Å². The molecule has 0 aromatic rings. The molecule has 88 valence electrons. The van der Waals surface area contributed by atoms with E-state index in [9.17, 15) is 4.79 Å². The van der Waals surface area contributed by atoms with Crippen molar-refractivity contribution >= 4 is 5.91 Å². The lowest BCUT2D eigenvalue weighted by molar-refractivity contribution is -0.123. The summed E-state index contributed by atoms with van der Waals surface area (Å²) >= 11 is 0. The van der Waals surface area contributed by atoms with Gasteiger partial charge in [0.15, 0.2) is 0 Å². The van der Waals surface area contributed by atoms with E-state index in [0.29, 0.717) is 26.1 Å². The number of hydrogen-bond donors (Lipinski definition) is 2. The molecule has 0 saturated heterocycles. The van der Waals surface area contributed by atoms with Crippen molar-refractivity contribution in [2.24, 2.45) is 5.73 Å². The highest BCUT2D eigenvalue weighted by atomic mass is 16.5. The molecule has 1 rings (SSSR count). The van der Waals surface area contributed by atoms with Crippen LogP contribution in [-0.2, 0) is 9.53 Å². The molecule has 1 fully saturated rings. The maximum absolute atomic E-state index is 11.2.